The van der Waals surface area contributed by atoms with Gasteiger partial charge in [-0.15, -0.1) is 0 Å². The number of aldehydes is 1. The molecule has 0 amide bonds. The Morgan fingerprint density at radius 3 is 2.81 bits per heavy atom. The van der Waals surface area contributed by atoms with Crippen molar-refractivity contribution in [3.63, 3.8) is 0 Å². The molecule has 3 nitrogen and oxygen atoms in total. The number of halogens is 1. The zero-order valence-corrected chi connectivity index (χ0v) is 13.4. The van der Waals surface area contributed by atoms with E-state index in [-0.39, 0.29) is 5.60 Å². The minimum atomic E-state index is -0.205. The molecule has 0 saturated heterocycles. The molecule has 108 valence electrons. The number of hydrogen-bond donors (Lipinski definition) is 0. The second-order valence-corrected chi connectivity index (χ2v) is 6.54. The summed E-state index contributed by atoms with van der Waals surface area (Å²) in [6, 6.07) is 11.2. The topological polar surface area (TPSA) is 35.5 Å². The summed E-state index contributed by atoms with van der Waals surface area (Å²) in [5, 5.41) is 0. The van der Waals surface area contributed by atoms with Gasteiger partial charge in [0.1, 0.15) is 11.4 Å². The molecule has 0 aliphatic carbocycles. The van der Waals surface area contributed by atoms with Crippen LogP contribution < -0.4 is 9.47 Å². The lowest BCUT2D eigenvalue weighted by molar-refractivity contribution is 0.112. The largest absolute Gasteiger partial charge is 0.483 e. The highest BCUT2D eigenvalue weighted by Crippen LogP contribution is 2.43. The maximum absolute atomic E-state index is 10.8. The molecule has 0 spiro atoms. The number of para-hydroxylation sites is 1. The van der Waals surface area contributed by atoms with Gasteiger partial charge in [0, 0.05) is 22.0 Å². The third-order valence-corrected chi connectivity index (χ3v) is 4.07. The maximum Gasteiger partial charge on any atom is 0.169 e. The van der Waals surface area contributed by atoms with Gasteiger partial charge < -0.3 is 9.47 Å². The van der Waals surface area contributed by atoms with Crippen LogP contribution in [0.3, 0.4) is 0 Å². The molecule has 0 radical (unpaired) electrons. The summed E-state index contributed by atoms with van der Waals surface area (Å²) >= 11 is 3.36. The molecule has 0 aromatic heterocycles. The number of ether oxygens (including phenoxy) is 2. The predicted molar refractivity (Wildman–Crippen MR) is 84.5 cm³/mol. The molecule has 0 fully saturated rings. The van der Waals surface area contributed by atoms with Crippen molar-refractivity contribution in [1.82, 2.24) is 0 Å². The van der Waals surface area contributed by atoms with Crippen molar-refractivity contribution in [2.75, 3.05) is 0 Å². The molecule has 0 saturated carbocycles. The monoisotopic (exact) mass is 346 g/mol. The third kappa shape index (κ3) is 2.81. The summed E-state index contributed by atoms with van der Waals surface area (Å²) in [5.74, 6) is 2.16. The van der Waals surface area contributed by atoms with Crippen molar-refractivity contribution in [3.05, 3.63) is 52.0 Å². The number of benzene rings is 2. The molecule has 2 aromatic rings. The lowest BCUT2D eigenvalue weighted by atomic mass is 10.0. The van der Waals surface area contributed by atoms with E-state index >= 15 is 0 Å². The molecular formula is C17H15BrO3. The van der Waals surface area contributed by atoms with Gasteiger partial charge in [-0.05, 0) is 54.0 Å². The molecule has 1 aliphatic heterocycles. The minimum Gasteiger partial charge on any atom is -0.483 e. The van der Waals surface area contributed by atoms with Crippen LogP contribution in [-0.4, -0.2) is 11.9 Å². The SMILES string of the molecule is CC1(C)Cc2cccc(Oc3ccc(C=O)c(Br)c3)c2O1. The summed E-state index contributed by atoms with van der Waals surface area (Å²) < 4.78 is 12.6. The zero-order valence-electron chi connectivity index (χ0n) is 11.9. The van der Waals surface area contributed by atoms with Crippen LogP contribution in [0.1, 0.15) is 29.8 Å². The third-order valence-electron chi connectivity index (χ3n) is 3.38. The van der Waals surface area contributed by atoms with Crippen molar-refractivity contribution < 1.29 is 14.3 Å². The first-order valence-corrected chi connectivity index (χ1v) is 7.51. The van der Waals surface area contributed by atoms with Crippen LogP contribution in [0.2, 0.25) is 0 Å². The van der Waals surface area contributed by atoms with Crippen LogP contribution in [0.4, 0.5) is 0 Å². The van der Waals surface area contributed by atoms with E-state index in [9.17, 15) is 4.79 Å². The highest BCUT2D eigenvalue weighted by Gasteiger charge is 2.32. The molecular weight excluding hydrogens is 332 g/mol. The van der Waals surface area contributed by atoms with Crippen molar-refractivity contribution in [2.45, 2.75) is 25.9 Å². The Balaban J connectivity index is 1.92. The first kappa shape index (κ1) is 14.1. The number of hydrogen-bond acceptors (Lipinski definition) is 3. The molecule has 0 N–H and O–H groups in total. The van der Waals surface area contributed by atoms with E-state index in [1.807, 2.05) is 12.1 Å². The van der Waals surface area contributed by atoms with E-state index in [2.05, 4.69) is 35.8 Å². The highest BCUT2D eigenvalue weighted by atomic mass is 79.9. The smallest absolute Gasteiger partial charge is 0.169 e. The van der Waals surface area contributed by atoms with Crippen molar-refractivity contribution >= 4 is 22.2 Å². The first-order valence-electron chi connectivity index (χ1n) is 6.72. The van der Waals surface area contributed by atoms with Crippen LogP contribution in [0.15, 0.2) is 40.9 Å². The van der Waals surface area contributed by atoms with Gasteiger partial charge >= 0.3 is 0 Å². The zero-order chi connectivity index (χ0) is 15.0. The molecule has 21 heavy (non-hydrogen) atoms. The van der Waals surface area contributed by atoms with Gasteiger partial charge in [-0.25, -0.2) is 0 Å². The number of fused-ring (bicyclic) bond motifs is 1. The Labute approximate surface area is 132 Å². The van der Waals surface area contributed by atoms with Gasteiger partial charge in [-0.2, -0.15) is 0 Å². The number of carbonyl (C=O) groups excluding carboxylic acids is 1. The van der Waals surface area contributed by atoms with Crippen LogP contribution in [0.25, 0.3) is 0 Å². The fourth-order valence-electron chi connectivity index (χ4n) is 2.46. The van der Waals surface area contributed by atoms with Crippen LogP contribution in [0, 0.1) is 0 Å². The molecule has 0 unspecified atom stereocenters. The van der Waals surface area contributed by atoms with Gasteiger partial charge in [0.2, 0.25) is 0 Å². The van der Waals surface area contributed by atoms with Gasteiger partial charge in [0.05, 0.1) is 0 Å². The molecule has 0 atom stereocenters. The molecule has 0 bridgehead atoms. The highest BCUT2D eigenvalue weighted by molar-refractivity contribution is 9.10. The lowest BCUT2D eigenvalue weighted by Crippen LogP contribution is -2.24. The Hall–Kier alpha value is -1.81. The van der Waals surface area contributed by atoms with Crippen molar-refractivity contribution in [3.8, 4) is 17.2 Å². The summed E-state index contributed by atoms with van der Waals surface area (Å²) in [5.41, 5.74) is 1.54. The van der Waals surface area contributed by atoms with E-state index in [1.165, 1.54) is 0 Å². The van der Waals surface area contributed by atoms with E-state index in [1.54, 1.807) is 18.2 Å². The summed E-state index contributed by atoms with van der Waals surface area (Å²) in [6.45, 7) is 4.12. The van der Waals surface area contributed by atoms with Gasteiger partial charge in [-0.1, -0.05) is 12.1 Å². The van der Waals surface area contributed by atoms with Crippen LogP contribution >= 0.6 is 15.9 Å². The van der Waals surface area contributed by atoms with Gasteiger partial charge in [-0.3, -0.25) is 4.79 Å². The fourth-order valence-corrected chi connectivity index (χ4v) is 2.91. The Kier molecular flexibility index (Phi) is 3.49. The first-order chi connectivity index (χ1) is 9.98. The minimum absolute atomic E-state index is 0.205. The maximum atomic E-state index is 10.8. The van der Waals surface area contributed by atoms with E-state index in [4.69, 9.17) is 9.47 Å². The standard InChI is InChI=1S/C17H15BrO3/c1-17(2)9-11-4-3-5-15(16(11)21-17)20-13-7-6-12(10-19)14(18)8-13/h3-8,10H,9H2,1-2H3. The van der Waals surface area contributed by atoms with E-state index in [0.29, 0.717) is 21.5 Å². The summed E-state index contributed by atoms with van der Waals surface area (Å²) in [6.07, 6.45) is 1.67. The number of rotatable bonds is 3. The second-order valence-electron chi connectivity index (χ2n) is 5.69. The van der Waals surface area contributed by atoms with E-state index in [0.717, 1.165) is 24.0 Å². The quantitative estimate of drug-likeness (QED) is 0.751. The van der Waals surface area contributed by atoms with Crippen molar-refractivity contribution in [1.29, 1.82) is 0 Å². The van der Waals surface area contributed by atoms with Crippen molar-refractivity contribution in [2.24, 2.45) is 0 Å². The lowest BCUT2D eigenvalue weighted by Gasteiger charge is -2.18. The fraction of sp³-hybridized carbons (Fsp3) is 0.235. The Morgan fingerprint density at radius 2 is 2.10 bits per heavy atom. The molecule has 4 heteroatoms. The normalized spacial score (nSPS) is 15.2. The van der Waals surface area contributed by atoms with Crippen LogP contribution in [0.5, 0.6) is 17.2 Å². The summed E-state index contributed by atoms with van der Waals surface area (Å²) in [7, 11) is 0. The van der Waals surface area contributed by atoms with Crippen LogP contribution in [-0.2, 0) is 6.42 Å². The Morgan fingerprint density at radius 1 is 1.29 bits per heavy atom. The molecule has 1 heterocycles. The average Bonchev–Trinajstić information content (AvgIpc) is 2.74. The predicted octanol–water partition coefficient (Wildman–Crippen LogP) is 4.77. The van der Waals surface area contributed by atoms with E-state index < -0.39 is 0 Å². The average molecular weight is 347 g/mol. The molecule has 2 aromatic carbocycles. The van der Waals surface area contributed by atoms with Gasteiger partial charge in [0.25, 0.3) is 0 Å². The Bertz CT molecular complexity index is 707. The second kappa shape index (κ2) is 5.19. The van der Waals surface area contributed by atoms with Gasteiger partial charge in [0.15, 0.2) is 17.8 Å². The summed E-state index contributed by atoms with van der Waals surface area (Å²) in [4.78, 5) is 10.8. The molecule has 1 aliphatic rings. The molecule has 3 rings (SSSR count). The number of carbonyl (C=O) groups is 1.